The third-order valence-corrected chi connectivity index (χ3v) is 3.27. The van der Waals surface area contributed by atoms with Crippen LogP contribution in [0.15, 0.2) is 24.3 Å². The average Bonchev–Trinajstić information content (AvgIpc) is 2.45. The number of carbonyl (C=O) groups excluding carboxylic acids is 2. The SMILES string of the molecule is CCCC(N)C(=O)N1CC(C(N)=O)Oc2ccccc21. The molecule has 0 saturated carbocycles. The Balaban J connectivity index is 2.31. The van der Waals surface area contributed by atoms with Gasteiger partial charge >= 0.3 is 0 Å². The molecule has 1 aromatic rings. The molecule has 0 fully saturated rings. The van der Waals surface area contributed by atoms with Crippen molar-refractivity contribution in [3.63, 3.8) is 0 Å². The number of fused-ring (bicyclic) bond motifs is 1. The lowest BCUT2D eigenvalue weighted by molar-refractivity contribution is -0.125. The molecule has 0 bridgehead atoms. The van der Waals surface area contributed by atoms with Gasteiger partial charge in [-0.1, -0.05) is 25.5 Å². The zero-order valence-electron chi connectivity index (χ0n) is 11.4. The minimum absolute atomic E-state index is 0.0998. The lowest BCUT2D eigenvalue weighted by Gasteiger charge is -2.34. The smallest absolute Gasteiger partial charge is 0.260 e. The van der Waals surface area contributed by atoms with Crippen LogP contribution in [0.1, 0.15) is 19.8 Å². The highest BCUT2D eigenvalue weighted by Gasteiger charge is 2.34. The molecule has 1 aliphatic heterocycles. The van der Waals surface area contributed by atoms with E-state index in [4.69, 9.17) is 16.2 Å². The number of hydrogen-bond donors (Lipinski definition) is 2. The van der Waals surface area contributed by atoms with E-state index < -0.39 is 18.1 Å². The molecule has 6 heteroatoms. The second-order valence-electron chi connectivity index (χ2n) is 4.82. The Hall–Kier alpha value is -2.08. The van der Waals surface area contributed by atoms with Gasteiger partial charge in [0.2, 0.25) is 5.91 Å². The van der Waals surface area contributed by atoms with Crippen LogP contribution in [0.4, 0.5) is 5.69 Å². The predicted octanol–water partition coefficient (Wildman–Crippen LogP) is 0.393. The summed E-state index contributed by atoms with van der Waals surface area (Å²) in [4.78, 5) is 25.3. The van der Waals surface area contributed by atoms with E-state index in [0.29, 0.717) is 17.9 Å². The maximum absolute atomic E-state index is 12.4. The Morgan fingerprint density at radius 1 is 1.45 bits per heavy atom. The van der Waals surface area contributed by atoms with Crippen molar-refractivity contribution in [3.05, 3.63) is 24.3 Å². The molecule has 2 atom stereocenters. The molecule has 6 nitrogen and oxygen atoms in total. The monoisotopic (exact) mass is 277 g/mol. The van der Waals surface area contributed by atoms with E-state index in [1.807, 2.05) is 6.92 Å². The first-order chi connectivity index (χ1) is 9.54. The highest BCUT2D eigenvalue weighted by Crippen LogP contribution is 2.33. The van der Waals surface area contributed by atoms with Gasteiger partial charge in [0.25, 0.3) is 5.91 Å². The molecule has 0 aliphatic carbocycles. The molecular formula is C14H19N3O3. The van der Waals surface area contributed by atoms with Crippen molar-refractivity contribution < 1.29 is 14.3 Å². The van der Waals surface area contributed by atoms with Gasteiger partial charge in [0, 0.05) is 0 Å². The van der Waals surface area contributed by atoms with Gasteiger partial charge in [-0.2, -0.15) is 0 Å². The van der Waals surface area contributed by atoms with Gasteiger partial charge in [-0.15, -0.1) is 0 Å². The van der Waals surface area contributed by atoms with Crippen LogP contribution in [0, 0.1) is 0 Å². The fourth-order valence-corrected chi connectivity index (χ4v) is 2.23. The minimum atomic E-state index is -0.845. The Kier molecular flexibility index (Phi) is 4.24. The molecule has 0 radical (unpaired) electrons. The average molecular weight is 277 g/mol. The zero-order chi connectivity index (χ0) is 14.7. The quantitative estimate of drug-likeness (QED) is 0.831. The third kappa shape index (κ3) is 2.75. The van der Waals surface area contributed by atoms with Crippen molar-refractivity contribution in [3.8, 4) is 5.75 Å². The Morgan fingerprint density at radius 3 is 2.80 bits per heavy atom. The van der Waals surface area contributed by atoms with Crippen LogP contribution in [0.25, 0.3) is 0 Å². The number of nitrogens with zero attached hydrogens (tertiary/aromatic N) is 1. The molecule has 4 N–H and O–H groups in total. The molecule has 2 amide bonds. The number of carbonyl (C=O) groups is 2. The summed E-state index contributed by atoms with van der Waals surface area (Å²) in [6.45, 7) is 2.06. The van der Waals surface area contributed by atoms with Gasteiger partial charge < -0.3 is 21.1 Å². The normalized spacial score (nSPS) is 18.9. The number of rotatable bonds is 4. The minimum Gasteiger partial charge on any atom is -0.477 e. The van der Waals surface area contributed by atoms with E-state index in [0.717, 1.165) is 6.42 Å². The molecule has 1 aromatic carbocycles. The summed E-state index contributed by atoms with van der Waals surface area (Å²) < 4.78 is 5.50. The summed E-state index contributed by atoms with van der Waals surface area (Å²) >= 11 is 0. The molecule has 108 valence electrons. The van der Waals surface area contributed by atoms with Gasteiger partial charge in [0.05, 0.1) is 18.3 Å². The van der Waals surface area contributed by atoms with Crippen LogP contribution >= 0.6 is 0 Å². The van der Waals surface area contributed by atoms with Crippen LogP contribution in [0.5, 0.6) is 5.75 Å². The van der Waals surface area contributed by atoms with E-state index in [9.17, 15) is 9.59 Å². The van der Waals surface area contributed by atoms with Gasteiger partial charge in [0.15, 0.2) is 6.10 Å². The van der Waals surface area contributed by atoms with Crippen molar-refractivity contribution in [2.75, 3.05) is 11.4 Å². The lowest BCUT2D eigenvalue weighted by atomic mass is 10.1. The van der Waals surface area contributed by atoms with Gasteiger partial charge in [-0.05, 0) is 18.6 Å². The maximum Gasteiger partial charge on any atom is 0.260 e. The lowest BCUT2D eigenvalue weighted by Crippen LogP contribution is -2.53. The van der Waals surface area contributed by atoms with E-state index in [1.54, 1.807) is 24.3 Å². The first kappa shape index (κ1) is 14.3. The zero-order valence-corrected chi connectivity index (χ0v) is 11.4. The number of ether oxygens (including phenoxy) is 1. The summed E-state index contributed by atoms with van der Waals surface area (Å²) in [5.41, 5.74) is 11.8. The summed E-state index contributed by atoms with van der Waals surface area (Å²) in [5, 5.41) is 0. The fourth-order valence-electron chi connectivity index (χ4n) is 2.23. The van der Waals surface area contributed by atoms with E-state index >= 15 is 0 Å². The molecule has 0 spiro atoms. The summed E-state index contributed by atoms with van der Waals surface area (Å²) in [6, 6.07) is 6.47. The summed E-state index contributed by atoms with van der Waals surface area (Å²) in [5.74, 6) is -0.338. The predicted molar refractivity (Wildman–Crippen MR) is 75.3 cm³/mol. The fraction of sp³-hybridized carbons (Fsp3) is 0.429. The Morgan fingerprint density at radius 2 is 2.15 bits per heavy atom. The number of benzene rings is 1. The van der Waals surface area contributed by atoms with Crippen LogP contribution in [0.3, 0.4) is 0 Å². The number of primary amides is 1. The van der Waals surface area contributed by atoms with Gasteiger partial charge in [-0.3, -0.25) is 9.59 Å². The van der Waals surface area contributed by atoms with Crippen LogP contribution in [0.2, 0.25) is 0 Å². The molecule has 20 heavy (non-hydrogen) atoms. The summed E-state index contributed by atoms with van der Waals surface area (Å²) in [7, 11) is 0. The molecule has 0 aromatic heterocycles. The molecular weight excluding hydrogens is 258 g/mol. The number of hydrogen-bond acceptors (Lipinski definition) is 4. The van der Waals surface area contributed by atoms with Crippen molar-refractivity contribution in [1.82, 2.24) is 0 Å². The van der Waals surface area contributed by atoms with Crippen molar-refractivity contribution in [2.45, 2.75) is 31.9 Å². The van der Waals surface area contributed by atoms with Crippen LogP contribution in [-0.2, 0) is 9.59 Å². The molecule has 2 rings (SSSR count). The van der Waals surface area contributed by atoms with E-state index in [-0.39, 0.29) is 12.5 Å². The molecule has 0 saturated heterocycles. The molecule has 2 unspecified atom stereocenters. The number of nitrogens with two attached hydrogens (primary N) is 2. The first-order valence-corrected chi connectivity index (χ1v) is 6.66. The summed E-state index contributed by atoms with van der Waals surface area (Å²) in [6.07, 6.45) is 0.570. The second-order valence-corrected chi connectivity index (χ2v) is 4.82. The standard InChI is InChI=1S/C14H19N3O3/c1-2-5-9(15)14(19)17-8-12(13(16)18)20-11-7-4-3-6-10(11)17/h3-4,6-7,9,12H,2,5,8,15H2,1H3,(H2,16,18). The third-order valence-electron chi connectivity index (χ3n) is 3.27. The number of para-hydroxylation sites is 2. The van der Waals surface area contributed by atoms with Crippen molar-refractivity contribution in [1.29, 1.82) is 0 Å². The van der Waals surface area contributed by atoms with Gasteiger partial charge in [-0.25, -0.2) is 0 Å². The van der Waals surface area contributed by atoms with E-state index in [1.165, 1.54) is 4.90 Å². The Bertz CT molecular complexity index is 518. The molecule has 1 aliphatic rings. The Labute approximate surface area is 117 Å². The highest BCUT2D eigenvalue weighted by atomic mass is 16.5. The van der Waals surface area contributed by atoms with Gasteiger partial charge in [0.1, 0.15) is 5.75 Å². The maximum atomic E-state index is 12.4. The molecule has 1 heterocycles. The largest absolute Gasteiger partial charge is 0.477 e. The topological polar surface area (TPSA) is 98.7 Å². The van der Waals surface area contributed by atoms with Crippen molar-refractivity contribution in [2.24, 2.45) is 11.5 Å². The van der Waals surface area contributed by atoms with Crippen LogP contribution in [-0.4, -0.2) is 30.5 Å². The van der Waals surface area contributed by atoms with Crippen molar-refractivity contribution >= 4 is 17.5 Å². The number of amides is 2. The van der Waals surface area contributed by atoms with Crippen LogP contribution < -0.4 is 21.1 Å². The van der Waals surface area contributed by atoms with E-state index in [2.05, 4.69) is 0 Å². The first-order valence-electron chi connectivity index (χ1n) is 6.66. The highest BCUT2D eigenvalue weighted by molar-refractivity contribution is 6.00. The second kappa shape index (κ2) is 5.92. The number of anilines is 1.